The molecule has 0 N–H and O–H groups in total. The highest BCUT2D eigenvalue weighted by Gasteiger charge is 2.36. The van der Waals surface area contributed by atoms with E-state index in [1.165, 1.54) is 12.0 Å². The summed E-state index contributed by atoms with van der Waals surface area (Å²) in [5, 5.41) is 0.294. The van der Waals surface area contributed by atoms with E-state index in [9.17, 15) is 9.59 Å². The fourth-order valence-electron chi connectivity index (χ4n) is 2.00. The van der Waals surface area contributed by atoms with Crippen LogP contribution in [0.1, 0.15) is 5.56 Å². The molecule has 7 heteroatoms. The van der Waals surface area contributed by atoms with Gasteiger partial charge in [0.15, 0.2) is 5.11 Å². The van der Waals surface area contributed by atoms with Crippen LogP contribution in [0.25, 0.3) is 6.08 Å². The normalized spacial score (nSPS) is 16.6. The molecular formula is C15H16N2O3S2. The molecule has 1 heterocycles. The van der Waals surface area contributed by atoms with Gasteiger partial charge >= 0.3 is 5.97 Å². The van der Waals surface area contributed by atoms with Crippen LogP contribution in [-0.4, -0.2) is 53.7 Å². The van der Waals surface area contributed by atoms with Gasteiger partial charge < -0.3 is 9.64 Å². The van der Waals surface area contributed by atoms with E-state index in [1.807, 2.05) is 30.5 Å². The first kappa shape index (κ1) is 16.5. The van der Waals surface area contributed by atoms with E-state index >= 15 is 0 Å². The summed E-state index contributed by atoms with van der Waals surface area (Å²) in [5.41, 5.74) is 1.33. The van der Waals surface area contributed by atoms with Crippen molar-refractivity contribution in [2.45, 2.75) is 4.90 Å². The van der Waals surface area contributed by atoms with Gasteiger partial charge in [-0.2, -0.15) is 0 Å². The van der Waals surface area contributed by atoms with E-state index < -0.39 is 5.97 Å². The highest BCUT2D eigenvalue weighted by Crippen LogP contribution is 2.23. The monoisotopic (exact) mass is 336 g/mol. The zero-order chi connectivity index (χ0) is 16.3. The summed E-state index contributed by atoms with van der Waals surface area (Å²) in [7, 11) is 2.99. The molecule has 0 radical (unpaired) electrons. The van der Waals surface area contributed by atoms with Gasteiger partial charge in [-0.3, -0.25) is 14.5 Å². The zero-order valence-electron chi connectivity index (χ0n) is 12.5. The van der Waals surface area contributed by atoms with Crippen LogP contribution in [0, 0.1) is 0 Å². The van der Waals surface area contributed by atoms with E-state index in [4.69, 9.17) is 12.2 Å². The van der Waals surface area contributed by atoms with Gasteiger partial charge in [-0.05, 0) is 42.2 Å². The van der Waals surface area contributed by atoms with Crippen molar-refractivity contribution in [2.24, 2.45) is 0 Å². The van der Waals surface area contributed by atoms with Crippen LogP contribution < -0.4 is 0 Å². The van der Waals surface area contributed by atoms with Gasteiger partial charge in [0.2, 0.25) is 0 Å². The first-order valence-corrected chi connectivity index (χ1v) is 8.13. The van der Waals surface area contributed by atoms with Gasteiger partial charge in [0, 0.05) is 11.9 Å². The summed E-state index contributed by atoms with van der Waals surface area (Å²) in [6.07, 6.45) is 3.76. The van der Waals surface area contributed by atoms with Crippen molar-refractivity contribution >= 4 is 47.0 Å². The molecule has 1 aromatic carbocycles. The maximum absolute atomic E-state index is 12.4. The predicted molar refractivity (Wildman–Crippen MR) is 90.3 cm³/mol. The number of likely N-dealkylation sites (N-methyl/N-ethyl adjacent to an activating group) is 1. The summed E-state index contributed by atoms with van der Waals surface area (Å²) in [4.78, 5) is 27.8. The van der Waals surface area contributed by atoms with Gasteiger partial charge in [-0.25, -0.2) is 0 Å². The molecule has 1 saturated heterocycles. The second kappa shape index (κ2) is 6.93. The molecule has 0 saturated carbocycles. The van der Waals surface area contributed by atoms with Crippen molar-refractivity contribution in [1.29, 1.82) is 0 Å². The van der Waals surface area contributed by atoms with Crippen LogP contribution in [0.15, 0.2) is 34.9 Å². The van der Waals surface area contributed by atoms with Crippen molar-refractivity contribution in [2.75, 3.05) is 27.0 Å². The third-order valence-electron chi connectivity index (χ3n) is 3.28. The number of nitrogens with zero attached hydrogens (tertiary/aromatic N) is 2. The summed E-state index contributed by atoms with van der Waals surface area (Å²) < 4.78 is 4.59. The smallest absolute Gasteiger partial charge is 0.325 e. The number of thiocarbonyl (C=S) groups is 1. The van der Waals surface area contributed by atoms with E-state index in [1.54, 1.807) is 29.8 Å². The Morgan fingerprint density at radius 3 is 2.55 bits per heavy atom. The molecule has 22 heavy (non-hydrogen) atoms. The van der Waals surface area contributed by atoms with Crippen LogP contribution in [0.2, 0.25) is 0 Å². The quantitative estimate of drug-likeness (QED) is 0.363. The number of hydrogen-bond donors (Lipinski definition) is 0. The lowest BCUT2D eigenvalue weighted by atomic mass is 10.2. The molecule has 1 aliphatic heterocycles. The van der Waals surface area contributed by atoms with E-state index in [2.05, 4.69) is 4.74 Å². The van der Waals surface area contributed by atoms with Crippen molar-refractivity contribution in [3.8, 4) is 0 Å². The van der Waals surface area contributed by atoms with Gasteiger partial charge in [-0.15, -0.1) is 11.8 Å². The highest BCUT2D eigenvalue weighted by atomic mass is 32.2. The molecule has 2 rings (SSSR count). The Hall–Kier alpha value is -1.86. The molecular weight excluding hydrogens is 320 g/mol. The molecule has 116 valence electrons. The van der Waals surface area contributed by atoms with Crippen LogP contribution in [0.4, 0.5) is 0 Å². The predicted octanol–water partition coefficient (Wildman–Crippen LogP) is 1.98. The lowest BCUT2D eigenvalue weighted by Gasteiger charge is -2.14. The standard InChI is InChI=1S/C15H16N2O3S2/c1-16-12(8-10-4-6-11(22-3)7-5-10)14(19)17(15(16)21)9-13(18)20-2/h4-8H,9H2,1-3H3/b12-8-. The number of ether oxygens (including phenoxy) is 1. The minimum atomic E-state index is -0.505. The van der Waals surface area contributed by atoms with Crippen molar-refractivity contribution < 1.29 is 14.3 Å². The van der Waals surface area contributed by atoms with Crippen molar-refractivity contribution in [3.63, 3.8) is 0 Å². The summed E-state index contributed by atoms with van der Waals surface area (Å²) in [6, 6.07) is 7.85. The van der Waals surface area contributed by atoms with Gasteiger partial charge in [0.25, 0.3) is 5.91 Å². The largest absolute Gasteiger partial charge is 0.468 e. The average molecular weight is 336 g/mol. The van der Waals surface area contributed by atoms with E-state index in [0.717, 1.165) is 10.5 Å². The number of rotatable bonds is 4. The topological polar surface area (TPSA) is 49.9 Å². The summed E-state index contributed by atoms with van der Waals surface area (Å²) >= 11 is 6.87. The van der Waals surface area contributed by atoms with Crippen LogP contribution in [-0.2, 0) is 14.3 Å². The van der Waals surface area contributed by atoms with Gasteiger partial charge in [0.05, 0.1) is 7.11 Å². The van der Waals surface area contributed by atoms with Crippen molar-refractivity contribution in [3.05, 3.63) is 35.5 Å². The Bertz CT molecular complexity index is 641. The molecule has 0 unspecified atom stereocenters. The summed E-state index contributed by atoms with van der Waals surface area (Å²) in [6.45, 7) is -0.179. The molecule has 1 aromatic rings. The summed E-state index contributed by atoms with van der Waals surface area (Å²) in [5.74, 6) is -0.804. The maximum atomic E-state index is 12.4. The number of hydrogen-bond acceptors (Lipinski definition) is 5. The molecule has 0 atom stereocenters. The Morgan fingerprint density at radius 2 is 2.00 bits per heavy atom. The van der Waals surface area contributed by atoms with Crippen molar-refractivity contribution in [1.82, 2.24) is 9.80 Å². The van der Waals surface area contributed by atoms with Crippen LogP contribution >= 0.6 is 24.0 Å². The van der Waals surface area contributed by atoms with Gasteiger partial charge in [0.1, 0.15) is 12.2 Å². The molecule has 1 fully saturated rings. The fraction of sp³-hybridized carbons (Fsp3) is 0.267. The molecule has 1 amide bonds. The Kier molecular flexibility index (Phi) is 5.20. The number of esters is 1. The molecule has 1 aliphatic rings. The number of carbonyl (C=O) groups excluding carboxylic acids is 2. The zero-order valence-corrected chi connectivity index (χ0v) is 14.2. The minimum absolute atomic E-state index is 0.179. The maximum Gasteiger partial charge on any atom is 0.325 e. The third-order valence-corrected chi connectivity index (χ3v) is 4.52. The van der Waals surface area contributed by atoms with E-state index in [0.29, 0.717) is 10.8 Å². The molecule has 0 spiro atoms. The van der Waals surface area contributed by atoms with Crippen LogP contribution in [0.3, 0.4) is 0 Å². The molecule has 0 aliphatic carbocycles. The minimum Gasteiger partial charge on any atom is -0.468 e. The first-order valence-electron chi connectivity index (χ1n) is 6.50. The Balaban J connectivity index is 2.26. The number of benzene rings is 1. The van der Waals surface area contributed by atoms with Gasteiger partial charge in [-0.1, -0.05) is 12.1 Å². The van der Waals surface area contributed by atoms with Crippen LogP contribution in [0.5, 0.6) is 0 Å². The fourth-order valence-corrected chi connectivity index (χ4v) is 2.66. The number of thioether (sulfide) groups is 1. The number of carbonyl (C=O) groups is 2. The highest BCUT2D eigenvalue weighted by molar-refractivity contribution is 7.98. The second-order valence-electron chi connectivity index (χ2n) is 4.61. The number of methoxy groups -OCH3 is 1. The average Bonchev–Trinajstić information content (AvgIpc) is 2.73. The number of amides is 1. The molecule has 5 nitrogen and oxygen atoms in total. The van der Waals surface area contributed by atoms with E-state index in [-0.39, 0.29) is 12.5 Å². The lowest BCUT2D eigenvalue weighted by molar-refractivity contribution is -0.143. The third kappa shape index (κ3) is 3.31. The SMILES string of the molecule is COC(=O)CN1C(=O)/C(=C/c2ccc(SC)cc2)N(C)C1=S. The Morgan fingerprint density at radius 1 is 1.36 bits per heavy atom. The molecule has 0 aromatic heterocycles. The first-order chi connectivity index (χ1) is 10.5. The second-order valence-corrected chi connectivity index (χ2v) is 5.86. The Labute approximate surface area is 138 Å². The lowest BCUT2D eigenvalue weighted by Crippen LogP contribution is -2.36. The molecule has 0 bridgehead atoms.